The molecule has 1 saturated heterocycles. The van der Waals surface area contributed by atoms with Crippen LogP contribution in [0.15, 0.2) is 42.5 Å². The van der Waals surface area contributed by atoms with Crippen molar-refractivity contribution < 1.29 is 45.9 Å². The van der Waals surface area contributed by atoms with Crippen LogP contribution in [-0.4, -0.2) is 24.1 Å². The molecule has 7 nitrogen and oxygen atoms in total. The highest BCUT2D eigenvalue weighted by atomic mass is 19.2. The fraction of sp³-hybridized carbons (Fsp3) is 0.240. The Bertz CT molecular complexity index is 1330. The molecule has 4 rings (SSSR count). The van der Waals surface area contributed by atoms with Crippen LogP contribution in [0, 0.1) is 45.1 Å². The first-order valence-electron chi connectivity index (χ1n) is 11.0. The summed E-state index contributed by atoms with van der Waals surface area (Å²) in [5.74, 6) is -9.24. The van der Waals surface area contributed by atoms with Gasteiger partial charge in [0, 0.05) is 11.5 Å². The number of carbonyl (C=O) groups is 1. The summed E-state index contributed by atoms with van der Waals surface area (Å²) in [5, 5.41) is 11.5. The van der Waals surface area contributed by atoms with Gasteiger partial charge in [-0.3, -0.25) is 10.1 Å². The standard InChI is InChI=1S/C25H18F5NO6/c1-2-12-10-35-25(36-11-12)14-7-17(26)22(18(27)8-14)24(32)37-15-3-4-16(21(9-15)31(33)34)13-5-19(28)23(30)20(29)6-13/h3-9,12,25H,2,10-11H2,1H3. The Morgan fingerprint density at radius 2 is 1.57 bits per heavy atom. The van der Waals surface area contributed by atoms with Crippen molar-refractivity contribution in [2.24, 2.45) is 5.92 Å². The molecule has 1 aliphatic rings. The van der Waals surface area contributed by atoms with Crippen molar-refractivity contribution in [1.29, 1.82) is 0 Å². The van der Waals surface area contributed by atoms with Gasteiger partial charge in [0.2, 0.25) is 0 Å². The number of nitro groups is 1. The molecule has 194 valence electrons. The third kappa shape index (κ3) is 5.44. The molecule has 0 saturated carbocycles. The molecular weight excluding hydrogens is 505 g/mol. The Kier molecular flexibility index (Phi) is 7.50. The van der Waals surface area contributed by atoms with Crippen molar-refractivity contribution in [2.45, 2.75) is 19.6 Å². The van der Waals surface area contributed by atoms with Gasteiger partial charge in [0.1, 0.15) is 22.9 Å². The molecule has 1 heterocycles. The van der Waals surface area contributed by atoms with E-state index in [1.54, 1.807) is 0 Å². The lowest BCUT2D eigenvalue weighted by molar-refractivity contribution is -0.384. The molecule has 0 atom stereocenters. The van der Waals surface area contributed by atoms with Crippen molar-refractivity contribution in [1.82, 2.24) is 0 Å². The highest BCUT2D eigenvalue weighted by Crippen LogP contribution is 2.35. The van der Waals surface area contributed by atoms with Crippen LogP contribution in [0.25, 0.3) is 11.1 Å². The summed E-state index contributed by atoms with van der Waals surface area (Å²) in [4.78, 5) is 23.1. The average Bonchev–Trinajstić information content (AvgIpc) is 2.86. The van der Waals surface area contributed by atoms with Gasteiger partial charge >= 0.3 is 5.97 Å². The number of halogens is 5. The normalized spacial score (nSPS) is 17.5. The highest BCUT2D eigenvalue weighted by Gasteiger charge is 2.28. The summed E-state index contributed by atoms with van der Waals surface area (Å²) in [6.45, 7) is 2.61. The van der Waals surface area contributed by atoms with Gasteiger partial charge in [0.25, 0.3) is 5.69 Å². The molecule has 0 N–H and O–H groups in total. The molecule has 12 heteroatoms. The van der Waals surface area contributed by atoms with Crippen LogP contribution in [0.5, 0.6) is 5.75 Å². The molecule has 0 bridgehead atoms. The van der Waals surface area contributed by atoms with Crippen molar-refractivity contribution >= 4 is 11.7 Å². The first kappa shape index (κ1) is 26.2. The zero-order chi connectivity index (χ0) is 26.9. The fourth-order valence-corrected chi connectivity index (χ4v) is 3.73. The molecule has 0 aliphatic carbocycles. The van der Waals surface area contributed by atoms with Gasteiger partial charge < -0.3 is 14.2 Å². The molecule has 37 heavy (non-hydrogen) atoms. The van der Waals surface area contributed by atoms with Gasteiger partial charge in [0.15, 0.2) is 23.7 Å². The van der Waals surface area contributed by atoms with E-state index < -0.39 is 63.3 Å². The number of hydrogen-bond acceptors (Lipinski definition) is 6. The van der Waals surface area contributed by atoms with E-state index in [1.807, 2.05) is 6.92 Å². The van der Waals surface area contributed by atoms with Crippen molar-refractivity contribution in [3.8, 4) is 16.9 Å². The van der Waals surface area contributed by atoms with Gasteiger partial charge in [0.05, 0.1) is 29.8 Å². The molecule has 0 amide bonds. The molecule has 0 unspecified atom stereocenters. The van der Waals surface area contributed by atoms with E-state index in [2.05, 4.69) is 0 Å². The number of carbonyl (C=O) groups excluding carboxylic acids is 1. The summed E-state index contributed by atoms with van der Waals surface area (Å²) < 4.78 is 85.8. The second kappa shape index (κ2) is 10.6. The minimum atomic E-state index is -1.75. The maximum absolute atomic E-state index is 14.7. The van der Waals surface area contributed by atoms with Gasteiger partial charge in [-0.2, -0.15) is 0 Å². The van der Waals surface area contributed by atoms with Crippen LogP contribution in [0.3, 0.4) is 0 Å². The maximum atomic E-state index is 14.7. The average molecular weight is 523 g/mol. The Morgan fingerprint density at radius 3 is 2.11 bits per heavy atom. The lowest BCUT2D eigenvalue weighted by Crippen LogP contribution is -2.27. The van der Waals surface area contributed by atoms with E-state index in [0.717, 1.165) is 36.8 Å². The van der Waals surface area contributed by atoms with E-state index in [1.165, 1.54) is 0 Å². The molecule has 3 aromatic carbocycles. The van der Waals surface area contributed by atoms with Crippen LogP contribution in [0.1, 0.15) is 35.6 Å². The minimum absolute atomic E-state index is 0.0138. The van der Waals surface area contributed by atoms with Crippen LogP contribution in [0.2, 0.25) is 0 Å². The molecular formula is C25H18F5NO6. The van der Waals surface area contributed by atoms with Crippen LogP contribution in [-0.2, 0) is 9.47 Å². The van der Waals surface area contributed by atoms with E-state index in [-0.39, 0.29) is 22.6 Å². The summed E-state index contributed by atoms with van der Waals surface area (Å²) in [7, 11) is 0. The van der Waals surface area contributed by atoms with E-state index >= 15 is 0 Å². The summed E-state index contributed by atoms with van der Waals surface area (Å²) >= 11 is 0. The van der Waals surface area contributed by atoms with E-state index in [4.69, 9.17) is 14.2 Å². The van der Waals surface area contributed by atoms with Crippen molar-refractivity contribution in [3.05, 3.63) is 92.8 Å². The Labute approximate surface area is 206 Å². The minimum Gasteiger partial charge on any atom is -0.423 e. The first-order valence-corrected chi connectivity index (χ1v) is 11.0. The smallest absolute Gasteiger partial charge is 0.349 e. The lowest BCUT2D eigenvalue weighted by Gasteiger charge is -2.29. The number of nitrogens with zero attached hydrogens (tertiary/aromatic N) is 1. The third-order valence-electron chi connectivity index (χ3n) is 5.76. The summed E-state index contributed by atoms with van der Waals surface area (Å²) in [6.07, 6.45) is -0.218. The number of rotatable bonds is 6. The number of hydrogen-bond donors (Lipinski definition) is 0. The van der Waals surface area contributed by atoms with E-state index in [0.29, 0.717) is 25.3 Å². The second-order valence-electron chi connectivity index (χ2n) is 8.21. The molecule has 0 spiro atoms. The number of nitro benzene ring substituents is 1. The summed E-state index contributed by atoms with van der Waals surface area (Å²) in [5.41, 5.74) is -2.47. The van der Waals surface area contributed by atoms with Crippen LogP contribution in [0.4, 0.5) is 27.6 Å². The Morgan fingerprint density at radius 1 is 0.973 bits per heavy atom. The summed E-state index contributed by atoms with van der Waals surface area (Å²) in [6, 6.07) is 5.56. The molecule has 3 aromatic rings. The van der Waals surface area contributed by atoms with Crippen molar-refractivity contribution in [2.75, 3.05) is 13.2 Å². The molecule has 0 aromatic heterocycles. The number of esters is 1. The van der Waals surface area contributed by atoms with Crippen LogP contribution >= 0.6 is 0 Å². The van der Waals surface area contributed by atoms with Gasteiger partial charge in [-0.05, 0) is 48.4 Å². The zero-order valence-electron chi connectivity index (χ0n) is 19.1. The molecule has 1 fully saturated rings. The Hall–Kier alpha value is -3.90. The SMILES string of the molecule is CCC1COC(c2cc(F)c(C(=O)Oc3ccc(-c4cc(F)c(F)c(F)c4)c([N+](=O)[O-])c3)c(F)c2)OC1. The largest absolute Gasteiger partial charge is 0.423 e. The predicted molar refractivity (Wildman–Crippen MR) is 118 cm³/mol. The van der Waals surface area contributed by atoms with Crippen molar-refractivity contribution in [3.63, 3.8) is 0 Å². The monoisotopic (exact) mass is 523 g/mol. The number of ether oxygens (including phenoxy) is 3. The van der Waals surface area contributed by atoms with Gasteiger partial charge in [-0.25, -0.2) is 26.7 Å². The quantitative estimate of drug-likeness (QED) is 0.0948. The second-order valence-corrected chi connectivity index (χ2v) is 8.21. The highest BCUT2D eigenvalue weighted by molar-refractivity contribution is 5.92. The van der Waals surface area contributed by atoms with E-state index in [9.17, 15) is 36.9 Å². The van der Waals surface area contributed by atoms with Gasteiger partial charge in [-0.15, -0.1) is 0 Å². The lowest BCUT2D eigenvalue weighted by atomic mass is 10.0. The topological polar surface area (TPSA) is 87.9 Å². The first-order chi connectivity index (χ1) is 17.6. The zero-order valence-corrected chi connectivity index (χ0v) is 19.1. The van der Waals surface area contributed by atoms with Gasteiger partial charge in [-0.1, -0.05) is 6.92 Å². The maximum Gasteiger partial charge on any atom is 0.349 e. The molecule has 0 radical (unpaired) electrons. The Balaban J connectivity index is 1.59. The predicted octanol–water partition coefficient (Wildman–Crippen LogP) is 6.25. The third-order valence-corrected chi connectivity index (χ3v) is 5.76. The fourth-order valence-electron chi connectivity index (χ4n) is 3.73. The molecule has 1 aliphatic heterocycles. The van der Waals surface area contributed by atoms with Crippen LogP contribution < -0.4 is 4.74 Å². The number of benzene rings is 3.